The molecule has 82 valence electrons. The number of carbonyl (C=O) groups excluding carboxylic acids is 1. The number of hydrogen-bond donors (Lipinski definition) is 2. The Morgan fingerprint density at radius 1 is 1.67 bits per heavy atom. The van der Waals surface area contributed by atoms with Gasteiger partial charge in [0, 0.05) is 13.0 Å². The largest absolute Gasteiger partial charge is 0.481 e. The van der Waals surface area contributed by atoms with Crippen molar-refractivity contribution in [2.24, 2.45) is 0 Å². The minimum Gasteiger partial charge on any atom is -0.481 e. The number of rotatable bonds is 4. The van der Waals surface area contributed by atoms with E-state index in [1.807, 2.05) is 0 Å². The Labute approximate surface area is 88.1 Å². The second-order valence-corrected chi connectivity index (χ2v) is 3.04. The Hall–Kier alpha value is -1.62. The zero-order chi connectivity index (χ0) is 11.3. The molecule has 0 spiro atoms. The van der Waals surface area contributed by atoms with E-state index in [1.54, 1.807) is 18.2 Å². The summed E-state index contributed by atoms with van der Waals surface area (Å²) in [6.07, 6.45) is 0. The Morgan fingerprint density at radius 2 is 2.40 bits per heavy atom. The molecular weight excluding hydrogens is 196 g/mol. The molecule has 1 heterocycles. The van der Waals surface area contributed by atoms with Crippen LogP contribution in [0.1, 0.15) is 18.7 Å². The fourth-order valence-electron chi connectivity index (χ4n) is 1.20. The van der Waals surface area contributed by atoms with Crippen LogP contribution in [-0.2, 0) is 4.79 Å². The number of aliphatic hydroxyl groups excluding tert-OH is 1. The molecule has 5 nitrogen and oxygen atoms in total. The van der Waals surface area contributed by atoms with E-state index in [0.717, 1.165) is 0 Å². The summed E-state index contributed by atoms with van der Waals surface area (Å²) in [7, 11) is 1.51. The molecule has 0 aliphatic carbocycles. The summed E-state index contributed by atoms with van der Waals surface area (Å²) in [6, 6.07) is 4.69. The van der Waals surface area contributed by atoms with Crippen molar-refractivity contribution in [3.8, 4) is 5.88 Å². The zero-order valence-corrected chi connectivity index (χ0v) is 8.73. The van der Waals surface area contributed by atoms with E-state index in [4.69, 9.17) is 9.84 Å². The molecule has 0 aromatic carbocycles. The third-order valence-corrected chi connectivity index (χ3v) is 1.87. The van der Waals surface area contributed by atoms with E-state index in [-0.39, 0.29) is 12.5 Å². The molecule has 2 N–H and O–H groups in total. The lowest BCUT2D eigenvalue weighted by molar-refractivity contribution is -0.120. The van der Waals surface area contributed by atoms with E-state index in [0.29, 0.717) is 11.6 Å². The SMILES string of the molecule is COc1cccc([C@@H](CO)NC(C)=O)n1. The quantitative estimate of drug-likeness (QED) is 0.747. The fourth-order valence-corrected chi connectivity index (χ4v) is 1.20. The van der Waals surface area contributed by atoms with Gasteiger partial charge < -0.3 is 15.2 Å². The highest BCUT2D eigenvalue weighted by Crippen LogP contribution is 2.13. The first-order valence-corrected chi connectivity index (χ1v) is 4.56. The molecule has 15 heavy (non-hydrogen) atoms. The maximum atomic E-state index is 10.9. The van der Waals surface area contributed by atoms with E-state index in [9.17, 15) is 4.79 Å². The van der Waals surface area contributed by atoms with Gasteiger partial charge in [0.15, 0.2) is 0 Å². The number of nitrogens with one attached hydrogen (secondary N) is 1. The molecule has 0 saturated carbocycles. The molecule has 5 heteroatoms. The van der Waals surface area contributed by atoms with Gasteiger partial charge >= 0.3 is 0 Å². The van der Waals surface area contributed by atoms with Gasteiger partial charge in [-0.3, -0.25) is 4.79 Å². The first-order valence-electron chi connectivity index (χ1n) is 4.56. The molecule has 0 saturated heterocycles. The highest BCUT2D eigenvalue weighted by atomic mass is 16.5. The molecule has 0 aliphatic rings. The maximum absolute atomic E-state index is 10.9. The predicted octanol–water partition coefficient (Wildman–Crippen LogP) is 0.260. The second-order valence-electron chi connectivity index (χ2n) is 3.04. The summed E-state index contributed by atoms with van der Waals surface area (Å²) in [5, 5.41) is 11.7. The molecule has 0 unspecified atom stereocenters. The lowest BCUT2D eigenvalue weighted by atomic mass is 10.2. The Balaban J connectivity index is 2.85. The molecule has 0 aliphatic heterocycles. The first kappa shape index (κ1) is 11.5. The van der Waals surface area contributed by atoms with E-state index < -0.39 is 6.04 Å². The summed E-state index contributed by atoms with van der Waals surface area (Å²) in [5.74, 6) is 0.245. The van der Waals surface area contributed by atoms with Gasteiger partial charge in [-0.05, 0) is 6.07 Å². The molecule has 0 fully saturated rings. The minimum absolute atomic E-state index is 0.195. The number of aromatic nitrogens is 1. The molecule has 0 bridgehead atoms. The predicted molar refractivity (Wildman–Crippen MR) is 54.4 cm³/mol. The van der Waals surface area contributed by atoms with Crippen LogP contribution in [0, 0.1) is 0 Å². The lowest BCUT2D eigenvalue weighted by Crippen LogP contribution is -2.29. The summed E-state index contributed by atoms with van der Waals surface area (Å²) in [4.78, 5) is 15.0. The molecular formula is C10H14N2O3. The van der Waals surface area contributed by atoms with Crippen molar-refractivity contribution in [3.05, 3.63) is 23.9 Å². The number of nitrogens with zero attached hydrogens (tertiary/aromatic N) is 1. The second kappa shape index (κ2) is 5.31. The van der Waals surface area contributed by atoms with Gasteiger partial charge in [0.25, 0.3) is 0 Å². The summed E-state index contributed by atoms with van der Waals surface area (Å²) >= 11 is 0. The Morgan fingerprint density at radius 3 is 2.93 bits per heavy atom. The summed E-state index contributed by atoms with van der Waals surface area (Å²) < 4.78 is 4.95. The van der Waals surface area contributed by atoms with Crippen LogP contribution in [0.15, 0.2) is 18.2 Å². The van der Waals surface area contributed by atoms with Crippen LogP contribution in [0.2, 0.25) is 0 Å². The van der Waals surface area contributed by atoms with E-state index >= 15 is 0 Å². The summed E-state index contributed by atoms with van der Waals surface area (Å²) in [5.41, 5.74) is 0.576. The lowest BCUT2D eigenvalue weighted by Gasteiger charge is -2.14. The Kier molecular flexibility index (Phi) is 4.05. The maximum Gasteiger partial charge on any atom is 0.217 e. The van der Waals surface area contributed by atoms with Crippen LogP contribution < -0.4 is 10.1 Å². The van der Waals surface area contributed by atoms with Crippen LogP contribution in [-0.4, -0.2) is 29.7 Å². The first-order chi connectivity index (χ1) is 7.17. The van der Waals surface area contributed by atoms with Gasteiger partial charge in [0.05, 0.1) is 25.5 Å². The normalized spacial score (nSPS) is 11.9. The molecule has 1 amide bonds. The van der Waals surface area contributed by atoms with Gasteiger partial charge in [0.2, 0.25) is 11.8 Å². The topological polar surface area (TPSA) is 71.5 Å². The van der Waals surface area contributed by atoms with Crippen molar-refractivity contribution in [1.29, 1.82) is 0 Å². The standard InChI is InChI=1S/C10H14N2O3/c1-7(14)11-9(6-13)8-4-3-5-10(12-8)15-2/h3-5,9,13H,6H2,1-2H3,(H,11,14)/t9-/m1/s1. The van der Waals surface area contributed by atoms with Crippen molar-refractivity contribution in [2.75, 3.05) is 13.7 Å². The van der Waals surface area contributed by atoms with Gasteiger partial charge in [-0.25, -0.2) is 4.98 Å². The summed E-state index contributed by atoms with van der Waals surface area (Å²) in [6.45, 7) is 1.20. The molecule has 1 aromatic rings. The highest BCUT2D eigenvalue weighted by molar-refractivity contribution is 5.73. The molecule has 1 atom stereocenters. The average Bonchev–Trinajstić information content (AvgIpc) is 2.25. The number of hydrogen-bond acceptors (Lipinski definition) is 4. The molecule has 0 radical (unpaired) electrons. The highest BCUT2D eigenvalue weighted by Gasteiger charge is 2.13. The van der Waals surface area contributed by atoms with Crippen LogP contribution in [0.4, 0.5) is 0 Å². The number of methoxy groups -OCH3 is 1. The van der Waals surface area contributed by atoms with Gasteiger partial charge in [-0.2, -0.15) is 0 Å². The van der Waals surface area contributed by atoms with E-state index in [1.165, 1.54) is 14.0 Å². The van der Waals surface area contributed by atoms with Crippen molar-refractivity contribution in [1.82, 2.24) is 10.3 Å². The van der Waals surface area contributed by atoms with Gasteiger partial charge in [-0.15, -0.1) is 0 Å². The Bertz CT molecular complexity index is 341. The van der Waals surface area contributed by atoms with Crippen molar-refractivity contribution < 1.29 is 14.6 Å². The van der Waals surface area contributed by atoms with Crippen LogP contribution in [0.5, 0.6) is 5.88 Å². The van der Waals surface area contributed by atoms with Crippen molar-refractivity contribution >= 4 is 5.91 Å². The molecule has 1 rings (SSSR count). The minimum atomic E-state index is -0.488. The average molecular weight is 210 g/mol. The number of ether oxygens (including phenoxy) is 1. The third kappa shape index (κ3) is 3.21. The zero-order valence-electron chi connectivity index (χ0n) is 8.73. The van der Waals surface area contributed by atoms with Crippen LogP contribution >= 0.6 is 0 Å². The van der Waals surface area contributed by atoms with Crippen molar-refractivity contribution in [3.63, 3.8) is 0 Å². The van der Waals surface area contributed by atoms with E-state index in [2.05, 4.69) is 10.3 Å². The number of pyridine rings is 1. The van der Waals surface area contributed by atoms with Gasteiger partial charge in [-0.1, -0.05) is 6.07 Å². The fraction of sp³-hybridized carbons (Fsp3) is 0.400. The third-order valence-electron chi connectivity index (χ3n) is 1.87. The van der Waals surface area contributed by atoms with Gasteiger partial charge in [0.1, 0.15) is 0 Å². The number of amides is 1. The smallest absolute Gasteiger partial charge is 0.217 e. The monoisotopic (exact) mass is 210 g/mol. The van der Waals surface area contributed by atoms with Crippen LogP contribution in [0.25, 0.3) is 0 Å². The number of carbonyl (C=O) groups is 1. The molecule has 1 aromatic heterocycles. The van der Waals surface area contributed by atoms with Crippen LogP contribution in [0.3, 0.4) is 0 Å². The van der Waals surface area contributed by atoms with Crippen molar-refractivity contribution in [2.45, 2.75) is 13.0 Å². The number of aliphatic hydroxyl groups is 1.